The second kappa shape index (κ2) is 7.64. The van der Waals surface area contributed by atoms with E-state index in [1.165, 1.54) is 31.2 Å². The van der Waals surface area contributed by atoms with Gasteiger partial charge in [0.2, 0.25) is 0 Å². The number of hydrogen-bond acceptors (Lipinski definition) is 5. The number of halogens is 1. The van der Waals surface area contributed by atoms with E-state index in [0.717, 1.165) is 0 Å². The molecule has 0 radical (unpaired) electrons. The molecule has 1 aromatic carbocycles. The molecule has 7 heteroatoms. The zero-order valence-corrected chi connectivity index (χ0v) is 12.6. The summed E-state index contributed by atoms with van der Waals surface area (Å²) >= 11 is 0. The van der Waals surface area contributed by atoms with Crippen molar-refractivity contribution >= 4 is 13.6 Å². The monoisotopic (exact) mass is 304 g/mol. The Kier molecular flexibility index (Phi) is 6.49. The standard InChI is InChI=1S/C13H18FO5P/c1-4-17-20(16,18-5-2)19-10(3)13(15)11-6-8-12(14)9-7-11/h6-10H,4-5H2,1-3H3. The van der Waals surface area contributed by atoms with Crippen molar-refractivity contribution in [3.8, 4) is 0 Å². The van der Waals surface area contributed by atoms with Crippen LogP contribution in [0.4, 0.5) is 4.39 Å². The van der Waals surface area contributed by atoms with Crippen LogP contribution in [0.1, 0.15) is 31.1 Å². The van der Waals surface area contributed by atoms with E-state index in [1.807, 2.05) is 0 Å². The van der Waals surface area contributed by atoms with Gasteiger partial charge < -0.3 is 0 Å². The molecule has 0 fully saturated rings. The van der Waals surface area contributed by atoms with Gasteiger partial charge in [0.05, 0.1) is 13.2 Å². The van der Waals surface area contributed by atoms with Gasteiger partial charge in [-0.3, -0.25) is 18.4 Å². The minimum Gasteiger partial charge on any atom is -0.291 e. The van der Waals surface area contributed by atoms with Gasteiger partial charge in [0, 0.05) is 5.56 Å². The number of Topliss-reactive ketones (excluding diaryl/α,β-unsaturated/α-hetero) is 1. The summed E-state index contributed by atoms with van der Waals surface area (Å²) in [6.07, 6.45) is -1.02. The predicted molar refractivity (Wildman–Crippen MR) is 72.1 cm³/mol. The number of carbonyl (C=O) groups excluding carboxylic acids is 1. The summed E-state index contributed by atoms with van der Waals surface area (Å²) in [7, 11) is -3.75. The van der Waals surface area contributed by atoms with Gasteiger partial charge in [0.25, 0.3) is 0 Å². The topological polar surface area (TPSA) is 61.8 Å². The largest absolute Gasteiger partial charge is 0.475 e. The highest BCUT2D eigenvalue weighted by Gasteiger charge is 2.31. The molecular weight excluding hydrogens is 286 g/mol. The molecule has 0 aromatic heterocycles. The van der Waals surface area contributed by atoms with Crippen LogP contribution < -0.4 is 0 Å². The lowest BCUT2D eigenvalue weighted by molar-refractivity contribution is 0.0637. The Morgan fingerprint density at radius 2 is 1.70 bits per heavy atom. The summed E-state index contributed by atoms with van der Waals surface area (Å²) in [5, 5.41) is 0. The van der Waals surface area contributed by atoms with Crippen LogP contribution in [-0.4, -0.2) is 25.1 Å². The Balaban J connectivity index is 2.78. The Bertz CT molecular complexity index is 478. The Labute approximate surface area is 117 Å². The fraction of sp³-hybridized carbons (Fsp3) is 0.462. The number of benzene rings is 1. The molecule has 1 atom stereocenters. The van der Waals surface area contributed by atoms with Gasteiger partial charge in [-0.2, -0.15) is 0 Å². The van der Waals surface area contributed by atoms with E-state index in [4.69, 9.17) is 13.6 Å². The number of phosphoric ester groups is 1. The summed E-state index contributed by atoms with van der Waals surface area (Å²) in [6, 6.07) is 5.02. The van der Waals surface area contributed by atoms with Crippen LogP contribution in [0.5, 0.6) is 0 Å². The Morgan fingerprint density at radius 1 is 1.20 bits per heavy atom. The van der Waals surface area contributed by atoms with Gasteiger partial charge in [-0.05, 0) is 45.0 Å². The molecule has 0 heterocycles. The Morgan fingerprint density at radius 3 is 2.15 bits per heavy atom. The lowest BCUT2D eigenvalue weighted by Crippen LogP contribution is -2.21. The SMILES string of the molecule is CCOP(=O)(OCC)OC(C)C(=O)c1ccc(F)cc1. The number of phosphoric acid groups is 1. The van der Waals surface area contributed by atoms with Gasteiger partial charge in [-0.15, -0.1) is 0 Å². The van der Waals surface area contributed by atoms with E-state index < -0.39 is 25.5 Å². The molecular formula is C13H18FO5P. The lowest BCUT2D eigenvalue weighted by atomic mass is 10.1. The highest BCUT2D eigenvalue weighted by Crippen LogP contribution is 2.50. The Hall–Kier alpha value is -1.07. The van der Waals surface area contributed by atoms with Crippen LogP contribution in [-0.2, 0) is 18.1 Å². The first kappa shape index (κ1) is 17.0. The summed E-state index contributed by atoms with van der Waals surface area (Å²) in [4.78, 5) is 12.1. The smallest absolute Gasteiger partial charge is 0.291 e. The molecule has 0 aliphatic carbocycles. The third kappa shape index (κ3) is 4.80. The molecule has 1 aromatic rings. The average Bonchev–Trinajstić information content (AvgIpc) is 2.39. The van der Waals surface area contributed by atoms with E-state index in [2.05, 4.69) is 0 Å². The molecule has 0 saturated heterocycles. The third-order valence-corrected chi connectivity index (χ3v) is 4.08. The molecule has 5 nitrogen and oxygen atoms in total. The predicted octanol–water partition coefficient (Wildman–Crippen LogP) is 3.59. The first-order valence-corrected chi connectivity index (χ1v) is 7.75. The van der Waals surface area contributed by atoms with Crippen molar-refractivity contribution in [2.24, 2.45) is 0 Å². The third-order valence-electron chi connectivity index (χ3n) is 2.36. The highest BCUT2D eigenvalue weighted by atomic mass is 31.2. The van der Waals surface area contributed by atoms with Crippen LogP contribution in [0.3, 0.4) is 0 Å². The van der Waals surface area contributed by atoms with Crippen LogP contribution in [0.15, 0.2) is 24.3 Å². The number of ketones is 1. The minimum atomic E-state index is -3.75. The zero-order valence-electron chi connectivity index (χ0n) is 11.7. The van der Waals surface area contributed by atoms with E-state index in [1.54, 1.807) is 13.8 Å². The first-order chi connectivity index (χ1) is 9.41. The number of rotatable bonds is 8. The fourth-order valence-corrected chi connectivity index (χ4v) is 2.82. The van der Waals surface area contributed by atoms with Crippen molar-refractivity contribution in [3.63, 3.8) is 0 Å². The van der Waals surface area contributed by atoms with Crippen LogP contribution in [0.2, 0.25) is 0 Å². The van der Waals surface area contributed by atoms with Crippen molar-refractivity contribution in [1.29, 1.82) is 0 Å². The second-order valence-electron chi connectivity index (χ2n) is 3.90. The minimum absolute atomic E-state index is 0.134. The fourth-order valence-electron chi connectivity index (χ4n) is 1.50. The first-order valence-electron chi connectivity index (χ1n) is 6.29. The summed E-state index contributed by atoms with van der Waals surface area (Å²) in [5.74, 6) is -0.867. The van der Waals surface area contributed by atoms with Crippen LogP contribution in [0, 0.1) is 5.82 Å². The summed E-state index contributed by atoms with van der Waals surface area (Å²) in [6.45, 7) is 4.99. The van der Waals surface area contributed by atoms with E-state index >= 15 is 0 Å². The zero-order chi connectivity index (χ0) is 15.2. The highest BCUT2D eigenvalue weighted by molar-refractivity contribution is 7.48. The molecule has 20 heavy (non-hydrogen) atoms. The van der Waals surface area contributed by atoms with E-state index in [9.17, 15) is 13.8 Å². The van der Waals surface area contributed by atoms with Gasteiger partial charge >= 0.3 is 7.82 Å². The van der Waals surface area contributed by atoms with Crippen molar-refractivity contribution in [2.45, 2.75) is 26.9 Å². The molecule has 0 aliphatic heterocycles. The maximum Gasteiger partial charge on any atom is 0.475 e. The van der Waals surface area contributed by atoms with Gasteiger partial charge in [-0.25, -0.2) is 8.96 Å². The number of hydrogen-bond donors (Lipinski definition) is 0. The van der Waals surface area contributed by atoms with Crippen molar-refractivity contribution < 1.29 is 27.3 Å². The van der Waals surface area contributed by atoms with Gasteiger partial charge in [-0.1, -0.05) is 0 Å². The quantitative estimate of drug-likeness (QED) is 0.542. The molecule has 1 unspecified atom stereocenters. The molecule has 0 N–H and O–H groups in total. The molecule has 0 aliphatic rings. The average molecular weight is 304 g/mol. The summed E-state index contributed by atoms with van der Waals surface area (Å²) < 4.78 is 40.0. The molecule has 0 bridgehead atoms. The van der Waals surface area contributed by atoms with E-state index in [0.29, 0.717) is 0 Å². The van der Waals surface area contributed by atoms with Crippen molar-refractivity contribution in [1.82, 2.24) is 0 Å². The molecule has 0 amide bonds. The van der Waals surface area contributed by atoms with Crippen molar-refractivity contribution in [2.75, 3.05) is 13.2 Å². The van der Waals surface area contributed by atoms with Crippen LogP contribution in [0.25, 0.3) is 0 Å². The molecule has 0 spiro atoms. The summed E-state index contributed by atoms with van der Waals surface area (Å²) in [5.41, 5.74) is 0.262. The molecule has 112 valence electrons. The van der Waals surface area contributed by atoms with Gasteiger partial charge in [0.15, 0.2) is 5.78 Å². The van der Waals surface area contributed by atoms with Crippen molar-refractivity contribution in [3.05, 3.63) is 35.6 Å². The van der Waals surface area contributed by atoms with Gasteiger partial charge in [0.1, 0.15) is 11.9 Å². The second-order valence-corrected chi connectivity index (χ2v) is 5.52. The molecule has 1 rings (SSSR count). The van der Waals surface area contributed by atoms with Crippen LogP contribution >= 0.6 is 7.82 Å². The maximum absolute atomic E-state index is 12.8. The normalized spacial score (nSPS) is 13.2. The molecule has 0 saturated carbocycles. The lowest BCUT2D eigenvalue weighted by Gasteiger charge is -2.20. The van der Waals surface area contributed by atoms with E-state index in [-0.39, 0.29) is 18.8 Å². The number of carbonyl (C=O) groups is 1. The maximum atomic E-state index is 12.8.